The maximum Gasteiger partial charge on any atom is 0.124 e. The van der Waals surface area contributed by atoms with E-state index in [1.54, 1.807) is 22.7 Å². The minimum absolute atomic E-state index is 0.775. The van der Waals surface area contributed by atoms with E-state index in [4.69, 9.17) is 0 Å². The lowest BCUT2D eigenvalue weighted by molar-refractivity contribution is 1.05. The lowest BCUT2D eigenvalue weighted by Crippen LogP contribution is -2.02. The molecule has 0 spiro atoms. The van der Waals surface area contributed by atoms with Gasteiger partial charge in [0, 0.05) is 22.0 Å². The fourth-order valence-electron chi connectivity index (χ4n) is 2.09. The number of anilines is 1. The molecule has 0 aliphatic heterocycles. The molecular formula is C16H16N2S2. The summed E-state index contributed by atoms with van der Waals surface area (Å²) in [7, 11) is 0. The average Bonchev–Trinajstić information content (AvgIpc) is 3.16. The molecular weight excluding hydrogens is 284 g/mol. The van der Waals surface area contributed by atoms with Crippen LogP contribution in [-0.2, 0) is 13.0 Å². The number of hydrogen-bond acceptors (Lipinski definition) is 4. The van der Waals surface area contributed by atoms with E-state index in [9.17, 15) is 0 Å². The van der Waals surface area contributed by atoms with Crippen LogP contribution in [-0.4, -0.2) is 4.98 Å². The topological polar surface area (TPSA) is 24.9 Å². The molecule has 102 valence electrons. The summed E-state index contributed by atoms with van der Waals surface area (Å²) >= 11 is 3.42. The van der Waals surface area contributed by atoms with E-state index in [1.165, 1.54) is 16.8 Å². The van der Waals surface area contributed by atoms with Crippen LogP contribution >= 0.6 is 22.7 Å². The molecule has 0 radical (unpaired) electrons. The SMILES string of the molecule is CCc1ccccc1NCc1csc(-c2ccsc2)n1. The van der Waals surface area contributed by atoms with Gasteiger partial charge in [-0.05, 0) is 29.5 Å². The first-order valence-corrected chi connectivity index (χ1v) is 8.48. The molecule has 3 aromatic rings. The number of nitrogens with one attached hydrogen (secondary N) is 1. The van der Waals surface area contributed by atoms with E-state index < -0.39 is 0 Å². The maximum atomic E-state index is 4.69. The third-order valence-electron chi connectivity index (χ3n) is 3.18. The van der Waals surface area contributed by atoms with Gasteiger partial charge < -0.3 is 5.32 Å². The Morgan fingerprint density at radius 2 is 2.05 bits per heavy atom. The lowest BCUT2D eigenvalue weighted by atomic mass is 10.1. The Hall–Kier alpha value is -1.65. The molecule has 0 saturated heterocycles. The van der Waals surface area contributed by atoms with Gasteiger partial charge in [0.05, 0.1) is 12.2 Å². The Kier molecular flexibility index (Phi) is 4.14. The van der Waals surface area contributed by atoms with E-state index in [0.717, 1.165) is 23.7 Å². The summed E-state index contributed by atoms with van der Waals surface area (Å²) < 4.78 is 0. The number of para-hydroxylation sites is 1. The van der Waals surface area contributed by atoms with Crippen LogP contribution in [0.5, 0.6) is 0 Å². The van der Waals surface area contributed by atoms with Crippen LogP contribution in [0.1, 0.15) is 18.2 Å². The van der Waals surface area contributed by atoms with Crippen LogP contribution in [0, 0.1) is 0 Å². The van der Waals surface area contributed by atoms with Crippen LogP contribution in [0.25, 0.3) is 10.6 Å². The first-order chi connectivity index (χ1) is 9.86. The van der Waals surface area contributed by atoms with Crippen molar-refractivity contribution in [2.45, 2.75) is 19.9 Å². The summed E-state index contributed by atoms with van der Waals surface area (Å²) in [6.45, 7) is 2.95. The fourth-order valence-corrected chi connectivity index (χ4v) is 3.63. The minimum Gasteiger partial charge on any atom is -0.379 e. The van der Waals surface area contributed by atoms with Crippen LogP contribution in [0.4, 0.5) is 5.69 Å². The van der Waals surface area contributed by atoms with Crippen molar-refractivity contribution in [3.63, 3.8) is 0 Å². The van der Waals surface area contributed by atoms with Gasteiger partial charge in [-0.25, -0.2) is 4.98 Å². The highest BCUT2D eigenvalue weighted by molar-refractivity contribution is 7.14. The molecule has 0 aliphatic rings. The van der Waals surface area contributed by atoms with Crippen molar-refractivity contribution in [2.24, 2.45) is 0 Å². The molecule has 0 saturated carbocycles. The fraction of sp³-hybridized carbons (Fsp3) is 0.188. The molecule has 0 amide bonds. The highest BCUT2D eigenvalue weighted by atomic mass is 32.1. The van der Waals surface area contributed by atoms with Gasteiger partial charge in [0.15, 0.2) is 0 Å². The normalized spacial score (nSPS) is 10.7. The highest BCUT2D eigenvalue weighted by Crippen LogP contribution is 2.26. The summed E-state index contributed by atoms with van der Waals surface area (Å²) in [5.41, 5.74) is 4.88. The molecule has 2 heterocycles. The number of rotatable bonds is 5. The van der Waals surface area contributed by atoms with Gasteiger partial charge in [-0.15, -0.1) is 11.3 Å². The van der Waals surface area contributed by atoms with Crippen molar-refractivity contribution in [2.75, 3.05) is 5.32 Å². The second kappa shape index (κ2) is 6.20. The predicted molar refractivity (Wildman–Crippen MR) is 88.6 cm³/mol. The number of thiazole rings is 1. The molecule has 0 fully saturated rings. The standard InChI is InChI=1S/C16H16N2S2/c1-2-12-5-3-4-6-15(12)17-9-14-11-20-16(18-14)13-7-8-19-10-13/h3-8,10-11,17H,2,9H2,1H3. The Bertz CT molecular complexity index is 671. The predicted octanol–water partition coefficient (Wildman–Crippen LogP) is 5.05. The third kappa shape index (κ3) is 2.92. The molecule has 2 aromatic heterocycles. The first kappa shape index (κ1) is 13.3. The molecule has 0 atom stereocenters. The molecule has 1 N–H and O–H groups in total. The van der Waals surface area contributed by atoms with E-state index in [0.29, 0.717) is 0 Å². The van der Waals surface area contributed by atoms with Gasteiger partial charge in [0.1, 0.15) is 5.01 Å². The zero-order valence-corrected chi connectivity index (χ0v) is 12.9. The maximum absolute atomic E-state index is 4.69. The van der Waals surface area contributed by atoms with Gasteiger partial charge in [-0.1, -0.05) is 25.1 Å². The number of benzene rings is 1. The lowest BCUT2D eigenvalue weighted by Gasteiger charge is -2.09. The number of thiophene rings is 1. The molecule has 3 rings (SSSR count). The summed E-state index contributed by atoms with van der Waals surface area (Å²) in [4.78, 5) is 4.69. The molecule has 20 heavy (non-hydrogen) atoms. The van der Waals surface area contributed by atoms with E-state index in [-0.39, 0.29) is 0 Å². The van der Waals surface area contributed by atoms with Gasteiger partial charge >= 0.3 is 0 Å². The van der Waals surface area contributed by atoms with Crippen molar-refractivity contribution >= 4 is 28.4 Å². The first-order valence-electron chi connectivity index (χ1n) is 6.65. The Morgan fingerprint density at radius 1 is 1.15 bits per heavy atom. The summed E-state index contributed by atoms with van der Waals surface area (Å²) in [5.74, 6) is 0. The monoisotopic (exact) mass is 300 g/mol. The van der Waals surface area contributed by atoms with E-state index in [2.05, 4.69) is 63.7 Å². The second-order valence-electron chi connectivity index (χ2n) is 4.52. The van der Waals surface area contributed by atoms with E-state index >= 15 is 0 Å². The number of hydrogen-bond donors (Lipinski definition) is 1. The molecule has 2 nitrogen and oxygen atoms in total. The van der Waals surface area contributed by atoms with E-state index in [1.807, 2.05) is 0 Å². The highest BCUT2D eigenvalue weighted by Gasteiger charge is 2.05. The minimum atomic E-state index is 0.775. The summed E-state index contributed by atoms with van der Waals surface area (Å²) in [6.07, 6.45) is 1.04. The van der Waals surface area contributed by atoms with Crippen LogP contribution in [0.15, 0.2) is 46.5 Å². The quantitative estimate of drug-likeness (QED) is 0.713. The van der Waals surface area contributed by atoms with Gasteiger partial charge in [-0.2, -0.15) is 11.3 Å². The summed E-state index contributed by atoms with van der Waals surface area (Å²) in [5, 5.41) is 11.0. The molecule has 0 bridgehead atoms. The van der Waals surface area contributed by atoms with Crippen molar-refractivity contribution in [3.05, 3.63) is 57.7 Å². The van der Waals surface area contributed by atoms with Crippen molar-refractivity contribution in [1.82, 2.24) is 4.98 Å². The molecule has 4 heteroatoms. The molecule has 0 aliphatic carbocycles. The van der Waals surface area contributed by atoms with Crippen LogP contribution in [0.2, 0.25) is 0 Å². The molecule has 0 unspecified atom stereocenters. The second-order valence-corrected chi connectivity index (χ2v) is 6.16. The van der Waals surface area contributed by atoms with Gasteiger partial charge in [0.25, 0.3) is 0 Å². The van der Waals surface area contributed by atoms with Crippen molar-refractivity contribution < 1.29 is 0 Å². The third-order valence-corrected chi connectivity index (χ3v) is 4.80. The van der Waals surface area contributed by atoms with Crippen LogP contribution in [0.3, 0.4) is 0 Å². The van der Waals surface area contributed by atoms with Crippen molar-refractivity contribution in [3.8, 4) is 10.6 Å². The average molecular weight is 300 g/mol. The Morgan fingerprint density at radius 3 is 2.85 bits per heavy atom. The Labute approximate surface area is 127 Å². The number of aromatic nitrogens is 1. The van der Waals surface area contributed by atoms with Gasteiger partial charge in [-0.3, -0.25) is 0 Å². The van der Waals surface area contributed by atoms with Crippen molar-refractivity contribution in [1.29, 1.82) is 0 Å². The number of aryl methyl sites for hydroxylation is 1. The van der Waals surface area contributed by atoms with Crippen LogP contribution < -0.4 is 5.32 Å². The zero-order valence-electron chi connectivity index (χ0n) is 11.3. The smallest absolute Gasteiger partial charge is 0.124 e. The number of nitrogens with zero attached hydrogens (tertiary/aromatic N) is 1. The summed E-state index contributed by atoms with van der Waals surface area (Å²) in [6, 6.07) is 10.6. The largest absolute Gasteiger partial charge is 0.379 e. The molecule has 1 aromatic carbocycles. The van der Waals surface area contributed by atoms with Gasteiger partial charge in [0.2, 0.25) is 0 Å². The Balaban J connectivity index is 1.70. The zero-order chi connectivity index (χ0) is 13.8.